The van der Waals surface area contributed by atoms with Crippen molar-refractivity contribution in [3.8, 4) is 0 Å². The highest BCUT2D eigenvalue weighted by Gasteiger charge is 2.37. The minimum atomic E-state index is -0.771. The Morgan fingerprint density at radius 1 is 1.45 bits per heavy atom. The zero-order chi connectivity index (χ0) is 14.6. The molecule has 110 valence electrons. The predicted molar refractivity (Wildman–Crippen MR) is 81.2 cm³/mol. The molecule has 1 saturated heterocycles. The Hall–Kier alpha value is -1.39. The van der Waals surface area contributed by atoms with Crippen LogP contribution in [0.5, 0.6) is 0 Å². The summed E-state index contributed by atoms with van der Waals surface area (Å²) in [5, 5.41) is 3.17. The molecule has 1 heterocycles. The Balaban J connectivity index is 2.13. The number of nitrogens with zero attached hydrogens (tertiary/aromatic N) is 1. The van der Waals surface area contributed by atoms with Crippen LogP contribution in [0.4, 0.5) is 0 Å². The van der Waals surface area contributed by atoms with Crippen molar-refractivity contribution in [1.82, 2.24) is 10.2 Å². The first-order valence-electron chi connectivity index (χ1n) is 7.35. The van der Waals surface area contributed by atoms with Crippen molar-refractivity contribution >= 4 is 5.91 Å². The fraction of sp³-hybridized carbons (Fsp3) is 0.562. The molecule has 2 atom stereocenters. The van der Waals surface area contributed by atoms with E-state index in [4.69, 9.17) is 5.73 Å². The van der Waals surface area contributed by atoms with Gasteiger partial charge in [0.05, 0.1) is 0 Å². The number of rotatable bonds is 6. The molecule has 1 aromatic carbocycles. The van der Waals surface area contributed by atoms with E-state index in [9.17, 15) is 4.79 Å². The Morgan fingerprint density at radius 3 is 2.65 bits per heavy atom. The van der Waals surface area contributed by atoms with E-state index in [-0.39, 0.29) is 5.91 Å². The highest BCUT2D eigenvalue weighted by molar-refractivity contribution is 5.86. The third-order valence-corrected chi connectivity index (χ3v) is 4.43. The van der Waals surface area contributed by atoms with Gasteiger partial charge in [-0.05, 0) is 37.9 Å². The molecule has 1 fully saturated rings. The second-order valence-electron chi connectivity index (χ2n) is 5.83. The van der Waals surface area contributed by atoms with Gasteiger partial charge in [0.1, 0.15) is 5.54 Å². The largest absolute Gasteiger partial charge is 0.368 e. The molecule has 3 N–H and O–H groups in total. The van der Waals surface area contributed by atoms with Crippen LogP contribution in [0.2, 0.25) is 0 Å². The first-order valence-corrected chi connectivity index (χ1v) is 7.35. The number of nitrogens with one attached hydrogen (secondary N) is 1. The Morgan fingerprint density at radius 2 is 2.15 bits per heavy atom. The summed E-state index contributed by atoms with van der Waals surface area (Å²) in [6, 6.07) is 9.78. The molecule has 1 amide bonds. The van der Waals surface area contributed by atoms with Gasteiger partial charge in [-0.3, -0.25) is 4.79 Å². The van der Waals surface area contributed by atoms with Gasteiger partial charge in [-0.1, -0.05) is 37.3 Å². The molecule has 4 heteroatoms. The van der Waals surface area contributed by atoms with E-state index in [0.29, 0.717) is 6.42 Å². The van der Waals surface area contributed by atoms with Crippen molar-refractivity contribution < 1.29 is 4.79 Å². The molecule has 0 radical (unpaired) electrons. The van der Waals surface area contributed by atoms with E-state index in [1.807, 2.05) is 37.4 Å². The van der Waals surface area contributed by atoms with Crippen LogP contribution in [0, 0.1) is 5.92 Å². The number of amides is 1. The number of likely N-dealkylation sites (N-methyl/N-ethyl adjacent to an activating group) is 1. The molecular formula is C16H25N3O. The van der Waals surface area contributed by atoms with E-state index >= 15 is 0 Å². The van der Waals surface area contributed by atoms with Crippen LogP contribution >= 0.6 is 0 Å². The minimum absolute atomic E-state index is 0.307. The number of likely N-dealkylation sites (tertiary alicyclic amines) is 1. The lowest BCUT2D eigenvalue weighted by Gasteiger charge is -2.32. The quantitative estimate of drug-likeness (QED) is 0.823. The number of hydrogen-bond donors (Lipinski definition) is 2. The standard InChI is InChI=1S/C16H25N3O/c1-13-8-10-19(12-13)11-9-16(18-2,15(17)20)14-6-4-3-5-7-14/h3-7,13,18H,8-12H2,1-2H3,(H2,17,20). The minimum Gasteiger partial charge on any atom is -0.368 e. The highest BCUT2D eigenvalue weighted by Crippen LogP contribution is 2.26. The summed E-state index contributed by atoms with van der Waals surface area (Å²) < 4.78 is 0. The number of benzene rings is 1. The van der Waals surface area contributed by atoms with Crippen molar-refractivity contribution in [1.29, 1.82) is 0 Å². The molecule has 4 nitrogen and oxygen atoms in total. The lowest BCUT2D eigenvalue weighted by Crippen LogP contribution is -2.52. The van der Waals surface area contributed by atoms with E-state index in [1.54, 1.807) is 0 Å². The third kappa shape index (κ3) is 3.02. The van der Waals surface area contributed by atoms with Gasteiger partial charge in [0, 0.05) is 13.1 Å². The van der Waals surface area contributed by atoms with Gasteiger partial charge in [-0.2, -0.15) is 0 Å². The summed E-state index contributed by atoms with van der Waals surface area (Å²) >= 11 is 0. The maximum absolute atomic E-state index is 12.1. The number of hydrogen-bond acceptors (Lipinski definition) is 3. The lowest BCUT2D eigenvalue weighted by atomic mass is 9.85. The van der Waals surface area contributed by atoms with Crippen LogP contribution in [-0.4, -0.2) is 37.5 Å². The molecule has 2 unspecified atom stereocenters. The van der Waals surface area contributed by atoms with E-state index in [1.165, 1.54) is 6.42 Å². The monoisotopic (exact) mass is 275 g/mol. The zero-order valence-corrected chi connectivity index (χ0v) is 12.4. The lowest BCUT2D eigenvalue weighted by molar-refractivity contribution is -0.125. The maximum Gasteiger partial charge on any atom is 0.242 e. The molecule has 20 heavy (non-hydrogen) atoms. The summed E-state index contributed by atoms with van der Waals surface area (Å²) in [6.07, 6.45) is 1.95. The van der Waals surface area contributed by atoms with Crippen LogP contribution in [0.3, 0.4) is 0 Å². The van der Waals surface area contributed by atoms with Crippen molar-refractivity contribution in [2.45, 2.75) is 25.3 Å². The summed E-state index contributed by atoms with van der Waals surface area (Å²) in [5.74, 6) is 0.447. The summed E-state index contributed by atoms with van der Waals surface area (Å²) in [7, 11) is 1.81. The molecule has 0 aromatic heterocycles. The summed E-state index contributed by atoms with van der Waals surface area (Å²) in [4.78, 5) is 14.5. The second-order valence-corrected chi connectivity index (χ2v) is 5.83. The molecule has 1 aliphatic rings. The average Bonchev–Trinajstić information content (AvgIpc) is 2.87. The smallest absolute Gasteiger partial charge is 0.242 e. The molecule has 0 saturated carbocycles. The normalized spacial score (nSPS) is 22.6. The molecular weight excluding hydrogens is 250 g/mol. The molecule has 0 bridgehead atoms. The van der Waals surface area contributed by atoms with Gasteiger partial charge in [0.15, 0.2) is 0 Å². The highest BCUT2D eigenvalue weighted by atomic mass is 16.1. The Bertz CT molecular complexity index is 448. The van der Waals surface area contributed by atoms with Gasteiger partial charge < -0.3 is 16.0 Å². The number of carbonyl (C=O) groups excluding carboxylic acids is 1. The van der Waals surface area contributed by atoms with E-state index in [0.717, 1.165) is 31.1 Å². The van der Waals surface area contributed by atoms with Gasteiger partial charge >= 0.3 is 0 Å². The van der Waals surface area contributed by atoms with E-state index < -0.39 is 5.54 Å². The van der Waals surface area contributed by atoms with Gasteiger partial charge in [0.2, 0.25) is 5.91 Å². The topological polar surface area (TPSA) is 58.4 Å². The van der Waals surface area contributed by atoms with Crippen molar-refractivity contribution in [3.63, 3.8) is 0 Å². The third-order valence-electron chi connectivity index (χ3n) is 4.43. The van der Waals surface area contributed by atoms with Crippen LogP contribution in [0.25, 0.3) is 0 Å². The SMILES string of the molecule is CNC(CCN1CCC(C)C1)(C(N)=O)c1ccccc1. The average molecular weight is 275 g/mol. The number of nitrogens with two attached hydrogens (primary N) is 1. The number of primary amides is 1. The second kappa shape index (κ2) is 6.37. The Labute approximate surface area is 121 Å². The van der Waals surface area contributed by atoms with Crippen LogP contribution < -0.4 is 11.1 Å². The van der Waals surface area contributed by atoms with Crippen LogP contribution in [0.1, 0.15) is 25.3 Å². The first kappa shape index (κ1) is 15.0. The predicted octanol–water partition coefficient (Wildman–Crippen LogP) is 1.32. The summed E-state index contributed by atoms with van der Waals surface area (Å²) in [5.41, 5.74) is 5.88. The fourth-order valence-corrected chi connectivity index (χ4v) is 3.08. The maximum atomic E-state index is 12.1. The fourth-order valence-electron chi connectivity index (χ4n) is 3.08. The van der Waals surface area contributed by atoms with Gasteiger partial charge in [-0.15, -0.1) is 0 Å². The van der Waals surface area contributed by atoms with Crippen molar-refractivity contribution in [2.24, 2.45) is 11.7 Å². The van der Waals surface area contributed by atoms with Crippen molar-refractivity contribution in [3.05, 3.63) is 35.9 Å². The zero-order valence-electron chi connectivity index (χ0n) is 12.4. The van der Waals surface area contributed by atoms with E-state index in [2.05, 4.69) is 17.1 Å². The number of carbonyl (C=O) groups is 1. The van der Waals surface area contributed by atoms with Crippen LogP contribution in [-0.2, 0) is 10.3 Å². The molecule has 0 aliphatic carbocycles. The molecule has 0 spiro atoms. The molecule has 1 aliphatic heterocycles. The molecule has 1 aromatic rings. The first-order chi connectivity index (χ1) is 9.58. The van der Waals surface area contributed by atoms with Gasteiger partial charge in [-0.25, -0.2) is 0 Å². The molecule has 2 rings (SSSR count). The van der Waals surface area contributed by atoms with Crippen molar-refractivity contribution in [2.75, 3.05) is 26.7 Å². The van der Waals surface area contributed by atoms with Gasteiger partial charge in [0.25, 0.3) is 0 Å². The Kier molecular flexibility index (Phi) is 4.78. The van der Waals surface area contributed by atoms with Crippen LogP contribution in [0.15, 0.2) is 30.3 Å². The summed E-state index contributed by atoms with van der Waals surface area (Å²) in [6.45, 7) is 5.40.